The molecule has 0 bridgehead atoms. The largest absolute Gasteiger partial charge is 0.448 e. The summed E-state index contributed by atoms with van der Waals surface area (Å²) in [5.74, 6) is 0.675. The van der Waals surface area contributed by atoms with Crippen LogP contribution in [-0.4, -0.2) is 18.5 Å². The van der Waals surface area contributed by atoms with Crippen LogP contribution in [0.1, 0.15) is 5.56 Å². The zero-order valence-electron chi connectivity index (χ0n) is 11.9. The Morgan fingerprint density at radius 3 is 2.50 bits per heavy atom. The molecule has 0 aliphatic rings. The van der Waals surface area contributed by atoms with E-state index in [0.717, 1.165) is 10.5 Å². The molecule has 0 aromatic heterocycles. The third kappa shape index (κ3) is 5.44. The average molecular weight is 356 g/mol. The van der Waals surface area contributed by atoms with Crippen LogP contribution in [0.4, 0.5) is 10.5 Å². The maximum Gasteiger partial charge on any atom is 0.411 e. The number of hydrogen-bond donors (Lipinski definition) is 1. The maximum atomic E-state index is 11.7. The zero-order valence-corrected chi connectivity index (χ0v) is 14.3. The molecule has 0 atom stereocenters. The van der Waals surface area contributed by atoms with E-state index in [1.54, 1.807) is 30.0 Å². The fourth-order valence-corrected chi connectivity index (χ4v) is 2.82. The lowest BCUT2D eigenvalue weighted by molar-refractivity contribution is 0.169. The minimum Gasteiger partial charge on any atom is -0.448 e. The van der Waals surface area contributed by atoms with Gasteiger partial charge in [0.05, 0.1) is 0 Å². The second-order valence-electron chi connectivity index (χ2n) is 4.52. The third-order valence-corrected chi connectivity index (χ3v) is 4.29. The van der Waals surface area contributed by atoms with Crippen LogP contribution in [0, 0.1) is 6.92 Å². The number of anilines is 1. The van der Waals surface area contributed by atoms with Crippen molar-refractivity contribution in [3.63, 3.8) is 0 Å². The smallest absolute Gasteiger partial charge is 0.411 e. The molecule has 0 saturated carbocycles. The number of hydrogen-bond acceptors (Lipinski definition) is 3. The fourth-order valence-electron chi connectivity index (χ4n) is 1.74. The number of aryl methyl sites for hydroxylation is 1. The number of benzene rings is 2. The van der Waals surface area contributed by atoms with E-state index in [9.17, 15) is 4.79 Å². The van der Waals surface area contributed by atoms with Gasteiger partial charge in [-0.3, -0.25) is 5.32 Å². The lowest BCUT2D eigenvalue weighted by Crippen LogP contribution is -2.15. The van der Waals surface area contributed by atoms with Crippen molar-refractivity contribution in [3.8, 4) is 0 Å². The topological polar surface area (TPSA) is 38.3 Å². The van der Waals surface area contributed by atoms with Crippen LogP contribution in [0.2, 0.25) is 10.0 Å². The molecular formula is C16H15Cl2NO2S. The van der Waals surface area contributed by atoms with Crippen molar-refractivity contribution in [1.29, 1.82) is 0 Å². The number of carbonyl (C=O) groups is 1. The van der Waals surface area contributed by atoms with Gasteiger partial charge in [-0.25, -0.2) is 4.79 Å². The van der Waals surface area contributed by atoms with Crippen molar-refractivity contribution in [1.82, 2.24) is 0 Å². The molecule has 22 heavy (non-hydrogen) atoms. The second-order valence-corrected chi connectivity index (χ2v) is 6.56. The summed E-state index contributed by atoms with van der Waals surface area (Å²) in [5.41, 5.74) is 1.58. The number of rotatable bonds is 5. The highest BCUT2D eigenvalue weighted by molar-refractivity contribution is 7.99. The molecule has 116 valence electrons. The van der Waals surface area contributed by atoms with E-state index in [1.807, 2.05) is 31.2 Å². The molecule has 0 aliphatic carbocycles. The summed E-state index contributed by atoms with van der Waals surface area (Å²) in [5, 5.41) is 4.04. The summed E-state index contributed by atoms with van der Waals surface area (Å²) in [7, 11) is 0. The first-order valence-electron chi connectivity index (χ1n) is 6.63. The van der Waals surface area contributed by atoms with E-state index in [0.29, 0.717) is 28.1 Å². The Bertz CT molecular complexity index is 647. The molecular weight excluding hydrogens is 341 g/mol. The Hall–Kier alpha value is -1.36. The Morgan fingerprint density at radius 2 is 1.82 bits per heavy atom. The van der Waals surface area contributed by atoms with E-state index in [4.69, 9.17) is 27.9 Å². The Labute approximate surface area is 144 Å². The van der Waals surface area contributed by atoms with Crippen LogP contribution in [0.5, 0.6) is 0 Å². The van der Waals surface area contributed by atoms with Crippen molar-refractivity contribution in [2.45, 2.75) is 11.8 Å². The highest BCUT2D eigenvalue weighted by atomic mass is 35.5. The fraction of sp³-hybridized carbons (Fsp3) is 0.188. The van der Waals surface area contributed by atoms with Crippen LogP contribution in [0.25, 0.3) is 0 Å². The second kappa shape index (κ2) is 8.32. The molecule has 1 N–H and O–H groups in total. The van der Waals surface area contributed by atoms with Gasteiger partial charge in [-0.15, -0.1) is 11.8 Å². The molecule has 0 aliphatic heterocycles. The van der Waals surface area contributed by atoms with Crippen molar-refractivity contribution < 1.29 is 9.53 Å². The molecule has 3 nitrogen and oxygen atoms in total. The molecule has 0 fully saturated rings. The van der Waals surface area contributed by atoms with Gasteiger partial charge < -0.3 is 4.74 Å². The molecule has 2 aromatic rings. The van der Waals surface area contributed by atoms with Crippen LogP contribution < -0.4 is 5.32 Å². The first kappa shape index (κ1) is 17.0. The molecule has 6 heteroatoms. The number of ether oxygens (including phenoxy) is 1. The van der Waals surface area contributed by atoms with Gasteiger partial charge in [-0.05, 0) is 55.0 Å². The summed E-state index contributed by atoms with van der Waals surface area (Å²) >= 11 is 13.3. The first-order chi connectivity index (χ1) is 10.5. The Balaban J connectivity index is 1.72. The van der Waals surface area contributed by atoms with Gasteiger partial charge in [0.2, 0.25) is 0 Å². The van der Waals surface area contributed by atoms with E-state index < -0.39 is 6.09 Å². The van der Waals surface area contributed by atoms with E-state index in [-0.39, 0.29) is 0 Å². The highest BCUT2D eigenvalue weighted by Crippen LogP contribution is 2.21. The molecule has 2 aromatic carbocycles. The zero-order chi connectivity index (χ0) is 15.9. The van der Waals surface area contributed by atoms with Crippen LogP contribution in [0.3, 0.4) is 0 Å². The van der Waals surface area contributed by atoms with Gasteiger partial charge in [-0.2, -0.15) is 0 Å². The van der Waals surface area contributed by atoms with Crippen LogP contribution >= 0.6 is 35.0 Å². The molecule has 0 radical (unpaired) electrons. The normalized spacial score (nSPS) is 10.3. The monoisotopic (exact) mass is 355 g/mol. The summed E-state index contributed by atoms with van der Waals surface area (Å²) in [6, 6.07) is 12.8. The summed E-state index contributed by atoms with van der Waals surface area (Å²) in [4.78, 5) is 12.8. The lowest BCUT2D eigenvalue weighted by Gasteiger charge is -2.09. The molecule has 0 heterocycles. The van der Waals surface area contributed by atoms with Gasteiger partial charge in [0, 0.05) is 26.4 Å². The number of thioether (sulfide) groups is 1. The predicted octanol–water partition coefficient (Wildman–Crippen LogP) is 5.64. The average Bonchev–Trinajstić information content (AvgIpc) is 2.48. The lowest BCUT2D eigenvalue weighted by atomic mass is 10.2. The number of nitrogens with one attached hydrogen (secondary N) is 1. The molecule has 2 rings (SSSR count). The number of amides is 1. The predicted molar refractivity (Wildman–Crippen MR) is 93.3 cm³/mol. The SMILES string of the molecule is Cc1cc(Cl)ccc1NC(=O)OCCSc1ccc(Cl)cc1. The number of halogens is 2. The summed E-state index contributed by atoms with van der Waals surface area (Å²) in [6.07, 6.45) is -0.470. The van der Waals surface area contributed by atoms with Crippen molar-refractivity contribution in [2.24, 2.45) is 0 Å². The summed E-state index contributed by atoms with van der Waals surface area (Å²) in [6.45, 7) is 2.20. The summed E-state index contributed by atoms with van der Waals surface area (Å²) < 4.78 is 5.15. The van der Waals surface area contributed by atoms with Gasteiger partial charge in [0.1, 0.15) is 6.61 Å². The minimum atomic E-state index is -0.470. The van der Waals surface area contributed by atoms with E-state index in [2.05, 4.69) is 5.32 Å². The third-order valence-electron chi connectivity index (χ3n) is 2.82. The molecule has 0 unspecified atom stereocenters. The van der Waals surface area contributed by atoms with Crippen molar-refractivity contribution in [2.75, 3.05) is 17.7 Å². The van der Waals surface area contributed by atoms with Gasteiger partial charge in [0.25, 0.3) is 0 Å². The van der Waals surface area contributed by atoms with Crippen LogP contribution in [-0.2, 0) is 4.74 Å². The molecule has 1 amide bonds. The molecule has 0 spiro atoms. The Morgan fingerprint density at radius 1 is 1.14 bits per heavy atom. The van der Waals surface area contributed by atoms with Gasteiger partial charge in [0.15, 0.2) is 0 Å². The van der Waals surface area contributed by atoms with Crippen LogP contribution in [0.15, 0.2) is 47.4 Å². The van der Waals surface area contributed by atoms with E-state index >= 15 is 0 Å². The highest BCUT2D eigenvalue weighted by Gasteiger charge is 2.06. The minimum absolute atomic E-state index is 0.325. The number of carbonyl (C=O) groups excluding carboxylic acids is 1. The Kier molecular flexibility index (Phi) is 6.43. The maximum absolute atomic E-state index is 11.7. The van der Waals surface area contributed by atoms with Crippen molar-refractivity contribution in [3.05, 3.63) is 58.1 Å². The first-order valence-corrected chi connectivity index (χ1v) is 8.37. The standard InChI is InChI=1S/C16H15Cl2NO2S/c1-11-10-13(18)4-7-15(11)19-16(20)21-8-9-22-14-5-2-12(17)3-6-14/h2-7,10H,8-9H2,1H3,(H,19,20). The quantitative estimate of drug-likeness (QED) is 0.556. The molecule has 0 saturated heterocycles. The van der Waals surface area contributed by atoms with Crippen molar-refractivity contribution >= 4 is 46.7 Å². The van der Waals surface area contributed by atoms with Gasteiger partial charge >= 0.3 is 6.09 Å². The van der Waals surface area contributed by atoms with Gasteiger partial charge in [-0.1, -0.05) is 23.2 Å². The van der Waals surface area contributed by atoms with E-state index in [1.165, 1.54) is 0 Å².